The van der Waals surface area contributed by atoms with Gasteiger partial charge in [0.15, 0.2) is 0 Å². The van der Waals surface area contributed by atoms with E-state index in [1.165, 1.54) is 0 Å². The molecular weight excluding hydrogens is 244 g/mol. The van der Waals surface area contributed by atoms with Crippen molar-refractivity contribution in [2.24, 2.45) is 0 Å². The van der Waals surface area contributed by atoms with Gasteiger partial charge in [-0.3, -0.25) is 19.0 Å². The van der Waals surface area contributed by atoms with Gasteiger partial charge in [-0.15, -0.1) is 0 Å². The number of hydrogen-bond donors (Lipinski definition) is 4. The van der Waals surface area contributed by atoms with E-state index in [0.29, 0.717) is 11.1 Å². The van der Waals surface area contributed by atoms with Gasteiger partial charge in [0.1, 0.15) is 0 Å². The minimum Gasteiger partial charge on any atom is -0.481 e. The van der Waals surface area contributed by atoms with Crippen molar-refractivity contribution < 1.29 is 34.3 Å². The van der Waals surface area contributed by atoms with Crippen LogP contribution >= 0.6 is 0 Å². The van der Waals surface area contributed by atoms with Crippen LogP contribution in [0.25, 0.3) is 0 Å². The topological polar surface area (TPSA) is 124 Å². The summed E-state index contributed by atoms with van der Waals surface area (Å²) in [6.45, 7) is 0.513. The quantitative estimate of drug-likeness (QED) is 0.365. The Labute approximate surface area is 105 Å². The van der Waals surface area contributed by atoms with E-state index in [1.807, 2.05) is 21.1 Å². The minimum absolute atomic E-state index is 0.176. The van der Waals surface area contributed by atoms with Crippen LogP contribution < -0.4 is 5.43 Å². The molecule has 0 rings (SSSR count). The smallest absolute Gasteiger partial charge is 0.304 e. The van der Waals surface area contributed by atoms with Crippen LogP contribution in [0.5, 0.6) is 0 Å². The highest BCUT2D eigenvalue weighted by Gasteiger charge is 2.05. The fraction of sp³-hybridized carbons (Fsp3) is 0.700. The Morgan fingerprint density at radius 3 is 1.39 bits per heavy atom. The Hall–Kier alpha value is -1.67. The van der Waals surface area contributed by atoms with Crippen molar-refractivity contribution in [2.75, 3.05) is 27.7 Å². The Balaban J connectivity index is 0. The van der Waals surface area contributed by atoms with Crippen LogP contribution in [0.4, 0.5) is 0 Å². The summed E-state index contributed by atoms with van der Waals surface area (Å²) in [4.78, 5) is 29.3. The van der Waals surface area contributed by atoms with E-state index in [9.17, 15) is 14.4 Å². The Bertz CT molecular complexity index is 271. The second kappa shape index (κ2) is 9.37. The van der Waals surface area contributed by atoms with E-state index in [-0.39, 0.29) is 19.3 Å². The summed E-state index contributed by atoms with van der Waals surface area (Å²) in [7, 11) is 5.84. The zero-order valence-corrected chi connectivity index (χ0v) is 10.8. The van der Waals surface area contributed by atoms with E-state index >= 15 is 0 Å². The van der Waals surface area contributed by atoms with Gasteiger partial charge in [-0.2, -0.15) is 5.43 Å². The van der Waals surface area contributed by atoms with Crippen LogP contribution in [-0.2, 0) is 14.4 Å². The summed E-state index contributed by atoms with van der Waals surface area (Å²) in [5.74, 6) is -2.92. The molecule has 0 fully saturated rings. The summed E-state index contributed by atoms with van der Waals surface area (Å²) in [6, 6.07) is 0. The predicted octanol–water partition coefficient (Wildman–Crippen LogP) is -0.392. The third-order valence-corrected chi connectivity index (χ3v) is 1.48. The van der Waals surface area contributed by atoms with Crippen molar-refractivity contribution in [2.45, 2.75) is 19.3 Å². The maximum atomic E-state index is 10.0. The van der Waals surface area contributed by atoms with Crippen molar-refractivity contribution >= 4 is 17.9 Å². The molecule has 8 heteroatoms. The van der Waals surface area contributed by atoms with Crippen molar-refractivity contribution in [1.29, 1.82) is 0 Å². The maximum Gasteiger partial charge on any atom is 0.304 e. The summed E-state index contributed by atoms with van der Waals surface area (Å²) in [6.07, 6.45) is -0.416. The molecule has 0 atom stereocenters. The fourth-order valence-corrected chi connectivity index (χ4v) is 0.712. The molecule has 18 heavy (non-hydrogen) atoms. The molecule has 106 valence electrons. The SMILES string of the molecule is C[N+](C)(C)NCCC(=O)O.O=C(O)CCC(=O)O. The van der Waals surface area contributed by atoms with Crippen LogP contribution in [0.15, 0.2) is 0 Å². The fourth-order valence-electron chi connectivity index (χ4n) is 0.712. The first-order chi connectivity index (χ1) is 8.04. The molecule has 0 aliphatic heterocycles. The number of nitrogens with one attached hydrogen (secondary N) is 1. The van der Waals surface area contributed by atoms with Gasteiger partial charge in [-0.05, 0) is 0 Å². The Kier molecular flexibility index (Phi) is 9.73. The van der Waals surface area contributed by atoms with Crippen molar-refractivity contribution in [1.82, 2.24) is 5.43 Å². The highest BCUT2D eigenvalue weighted by Crippen LogP contribution is 1.86. The number of carboxylic acids is 3. The molecule has 0 saturated heterocycles. The van der Waals surface area contributed by atoms with Gasteiger partial charge in [0, 0.05) is 0 Å². The summed E-state index contributed by atoms with van der Waals surface area (Å²) >= 11 is 0. The highest BCUT2D eigenvalue weighted by atomic mass is 16.4. The molecule has 4 N–H and O–H groups in total. The Morgan fingerprint density at radius 2 is 1.17 bits per heavy atom. The first-order valence-electron chi connectivity index (χ1n) is 5.26. The Morgan fingerprint density at radius 1 is 0.833 bits per heavy atom. The second-order valence-corrected chi connectivity index (χ2v) is 4.35. The number of aliphatic carboxylic acids is 3. The lowest BCUT2D eigenvalue weighted by Crippen LogP contribution is -2.48. The van der Waals surface area contributed by atoms with Gasteiger partial charge in [0.25, 0.3) is 0 Å². The molecule has 0 amide bonds. The van der Waals surface area contributed by atoms with Crippen molar-refractivity contribution in [3.05, 3.63) is 0 Å². The van der Waals surface area contributed by atoms with Gasteiger partial charge in [0.2, 0.25) is 0 Å². The number of hydrogen-bond acceptors (Lipinski definition) is 4. The molecule has 0 bridgehead atoms. The number of nitrogens with zero attached hydrogens (tertiary/aromatic N) is 1. The van der Waals surface area contributed by atoms with E-state index in [4.69, 9.17) is 15.3 Å². The zero-order valence-electron chi connectivity index (χ0n) is 10.8. The zero-order chi connectivity index (χ0) is 14.8. The number of rotatable bonds is 7. The number of carbonyl (C=O) groups is 3. The molecule has 0 spiro atoms. The molecule has 0 aromatic rings. The number of carboxylic acid groups (broad SMARTS) is 3. The first kappa shape index (κ1) is 18.7. The molecule has 0 saturated carbocycles. The lowest BCUT2D eigenvalue weighted by atomic mass is 10.3. The third-order valence-electron chi connectivity index (χ3n) is 1.48. The second-order valence-electron chi connectivity index (χ2n) is 4.35. The molecule has 0 unspecified atom stereocenters. The van der Waals surface area contributed by atoms with Crippen molar-refractivity contribution in [3.63, 3.8) is 0 Å². The summed E-state index contributed by atoms with van der Waals surface area (Å²) in [5.41, 5.74) is 3.01. The molecule has 0 aliphatic carbocycles. The molecule has 8 nitrogen and oxygen atoms in total. The van der Waals surface area contributed by atoms with Crippen molar-refractivity contribution in [3.8, 4) is 0 Å². The molecule has 0 radical (unpaired) electrons. The van der Waals surface area contributed by atoms with Gasteiger partial charge in [-0.25, -0.2) is 0 Å². The van der Waals surface area contributed by atoms with Crippen LogP contribution in [0.1, 0.15) is 19.3 Å². The van der Waals surface area contributed by atoms with Gasteiger partial charge >= 0.3 is 17.9 Å². The summed E-state index contributed by atoms with van der Waals surface area (Å²) < 4.78 is 0.591. The molecular formula is C10H21N2O6+. The lowest BCUT2D eigenvalue weighted by molar-refractivity contribution is -0.915. The normalized spacial score (nSPS) is 10.2. The average Bonchev–Trinajstić information content (AvgIpc) is 2.13. The van der Waals surface area contributed by atoms with Crippen LogP contribution in [-0.4, -0.2) is 65.5 Å². The van der Waals surface area contributed by atoms with E-state index in [1.54, 1.807) is 0 Å². The van der Waals surface area contributed by atoms with E-state index < -0.39 is 17.9 Å². The van der Waals surface area contributed by atoms with Crippen LogP contribution in [0.2, 0.25) is 0 Å². The van der Waals surface area contributed by atoms with Crippen LogP contribution in [0.3, 0.4) is 0 Å². The molecule has 0 aliphatic rings. The van der Waals surface area contributed by atoms with Gasteiger partial charge in [-0.1, -0.05) is 0 Å². The lowest BCUT2D eigenvalue weighted by Gasteiger charge is -2.23. The van der Waals surface area contributed by atoms with Gasteiger partial charge in [0.05, 0.1) is 47.0 Å². The summed E-state index contributed by atoms with van der Waals surface area (Å²) in [5, 5.41) is 24.1. The molecule has 0 aromatic carbocycles. The standard InChI is InChI=1S/C6H14N2O2.C4H6O4/c1-8(2,3)7-5-4-6(9)10;5-3(6)1-2-4(7)8/h7H,4-5H2,1-3H3;1-2H2,(H,5,6)(H,7,8)/p+1. The maximum absolute atomic E-state index is 10.0. The minimum atomic E-state index is -1.08. The highest BCUT2D eigenvalue weighted by molar-refractivity contribution is 5.75. The largest absolute Gasteiger partial charge is 0.481 e. The van der Waals surface area contributed by atoms with Crippen LogP contribution in [0, 0.1) is 0 Å². The monoisotopic (exact) mass is 265 g/mol. The first-order valence-corrected chi connectivity index (χ1v) is 5.26. The van der Waals surface area contributed by atoms with E-state index in [0.717, 1.165) is 0 Å². The number of quaternary nitrogens is 1. The predicted molar refractivity (Wildman–Crippen MR) is 62.8 cm³/mol. The molecule has 0 aromatic heterocycles. The van der Waals surface area contributed by atoms with Gasteiger partial charge < -0.3 is 15.3 Å². The average molecular weight is 265 g/mol. The third kappa shape index (κ3) is 23.9. The van der Waals surface area contributed by atoms with E-state index in [2.05, 4.69) is 5.43 Å². The molecule has 0 heterocycles.